The molecule has 0 aromatic heterocycles. The second-order valence-electron chi connectivity index (χ2n) is 3.81. The molecule has 0 saturated carbocycles. The molecular weight excluding hydrogens is 416 g/mol. The third-order valence-corrected chi connectivity index (χ3v) is 3.79. The average Bonchev–Trinajstić information content (AvgIpc) is 2.13. The van der Waals surface area contributed by atoms with Crippen molar-refractivity contribution in [3.05, 3.63) is 24.8 Å². The minimum atomic E-state index is 0.410. The number of nitrogens with zero attached hydrogens (tertiary/aromatic N) is 1. The lowest BCUT2D eigenvalue weighted by molar-refractivity contribution is 0.400. The predicted octanol–water partition coefficient (Wildman–Crippen LogP) is 3.10. The smallest absolute Gasteiger partial charge is 0.142 e. The summed E-state index contributed by atoms with van der Waals surface area (Å²) in [5.74, 6) is 0.410. The van der Waals surface area contributed by atoms with Crippen LogP contribution < -0.4 is 0 Å². The van der Waals surface area contributed by atoms with Crippen molar-refractivity contribution in [3.63, 3.8) is 0 Å². The van der Waals surface area contributed by atoms with Crippen LogP contribution in [0, 0.1) is 7.14 Å². The molecule has 1 N–H and O–H groups in total. The lowest BCUT2D eigenvalue weighted by Gasteiger charge is -2.10. The first-order chi connectivity index (χ1) is 7.00. The summed E-state index contributed by atoms with van der Waals surface area (Å²) in [6.07, 6.45) is 2.23. The predicted molar refractivity (Wildman–Crippen MR) is 80.4 cm³/mol. The molecule has 0 aliphatic carbocycles. The van der Waals surface area contributed by atoms with E-state index in [1.807, 2.05) is 0 Å². The molecule has 1 rings (SSSR count). The topological polar surface area (TPSA) is 23.5 Å². The summed E-state index contributed by atoms with van der Waals surface area (Å²) < 4.78 is 1.89. The Morgan fingerprint density at radius 3 is 2.20 bits per heavy atom. The van der Waals surface area contributed by atoms with Crippen LogP contribution in [-0.2, 0) is 6.42 Å². The number of rotatable bonds is 4. The summed E-state index contributed by atoms with van der Waals surface area (Å²) in [5.41, 5.74) is 1.31. The Hall–Kier alpha value is 0.440. The van der Waals surface area contributed by atoms with Gasteiger partial charge >= 0.3 is 0 Å². The molecule has 0 heterocycles. The summed E-state index contributed by atoms with van der Waals surface area (Å²) in [7, 11) is 4.18. The fourth-order valence-electron chi connectivity index (χ4n) is 1.36. The second-order valence-corrected chi connectivity index (χ2v) is 6.14. The minimum Gasteiger partial charge on any atom is -0.506 e. The zero-order valence-corrected chi connectivity index (χ0v) is 13.2. The van der Waals surface area contributed by atoms with Crippen molar-refractivity contribution in [2.45, 2.75) is 12.8 Å². The zero-order valence-electron chi connectivity index (χ0n) is 8.93. The highest BCUT2D eigenvalue weighted by atomic mass is 127. The van der Waals surface area contributed by atoms with Crippen molar-refractivity contribution in [3.8, 4) is 5.75 Å². The van der Waals surface area contributed by atoms with Gasteiger partial charge in [0, 0.05) is 0 Å². The van der Waals surface area contributed by atoms with E-state index < -0.39 is 0 Å². The average molecular weight is 431 g/mol. The van der Waals surface area contributed by atoms with Gasteiger partial charge in [0.15, 0.2) is 0 Å². The number of phenolic OH excluding ortho intramolecular Hbond substituents is 1. The van der Waals surface area contributed by atoms with Gasteiger partial charge in [0.1, 0.15) is 5.75 Å². The third-order valence-electron chi connectivity index (χ3n) is 2.15. The number of hydrogen-bond acceptors (Lipinski definition) is 2. The highest BCUT2D eigenvalue weighted by Gasteiger charge is 2.05. The highest BCUT2D eigenvalue weighted by Crippen LogP contribution is 2.27. The van der Waals surface area contributed by atoms with Gasteiger partial charge < -0.3 is 10.0 Å². The fraction of sp³-hybridized carbons (Fsp3) is 0.455. The summed E-state index contributed by atoms with van der Waals surface area (Å²) in [4.78, 5) is 2.19. The van der Waals surface area contributed by atoms with Gasteiger partial charge in [-0.3, -0.25) is 0 Å². The van der Waals surface area contributed by atoms with Crippen molar-refractivity contribution in [1.29, 1.82) is 0 Å². The molecule has 84 valence electrons. The number of benzene rings is 1. The Morgan fingerprint density at radius 1 is 1.20 bits per heavy atom. The van der Waals surface area contributed by atoms with E-state index in [4.69, 9.17) is 0 Å². The van der Waals surface area contributed by atoms with Crippen LogP contribution in [0.4, 0.5) is 0 Å². The van der Waals surface area contributed by atoms with Crippen LogP contribution in [0.5, 0.6) is 5.75 Å². The van der Waals surface area contributed by atoms with Gasteiger partial charge in [0.05, 0.1) is 7.14 Å². The standard InChI is InChI=1S/C11H15I2NO/c1-14(2)5-3-4-8-6-9(12)11(15)10(13)7-8/h6-7,15H,3-5H2,1-2H3. The van der Waals surface area contributed by atoms with Gasteiger partial charge in [-0.15, -0.1) is 0 Å². The molecule has 2 nitrogen and oxygen atoms in total. The second kappa shape index (κ2) is 6.24. The summed E-state index contributed by atoms with van der Waals surface area (Å²) >= 11 is 4.35. The van der Waals surface area contributed by atoms with Crippen molar-refractivity contribution < 1.29 is 5.11 Å². The maximum atomic E-state index is 9.62. The van der Waals surface area contributed by atoms with Crippen molar-refractivity contribution >= 4 is 45.2 Å². The summed E-state index contributed by atoms with van der Waals surface area (Å²) in [6, 6.07) is 4.13. The number of aromatic hydroxyl groups is 1. The molecule has 1 aromatic rings. The number of aryl methyl sites for hydroxylation is 1. The molecule has 15 heavy (non-hydrogen) atoms. The molecule has 0 unspecified atom stereocenters. The van der Waals surface area contributed by atoms with E-state index in [0.29, 0.717) is 5.75 Å². The molecule has 0 amide bonds. The monoisotopic (exact) mass is 431 g/mol. The van der Waals surface area contributed by atoms with Crippen molar-refractivity contribution in [2.24, 2.45) is 0 Å². The van der Waals surface area contributed by atoms with E-state index in [2.05, 4.69) is 76.3 Å². The van der Waals surface area contributed by atoms with Gasteiger partial charge in [0.25, 0.3) is 0 Å². The Morgan fingerprint density at radius 2 is 1.73 bits per heavy atom. The quantitative estimate of drug-likeness (QED) is 0.742. The first kappa shape index (κ1) is 13.5. The van der Waals surface area contributed by atoms with Crippen molar-refractivity contribution in [1.82, 2.24) is 4.90 Å². The molecule has 0 atom stereocenters. The van der Waals surface area contributed by atoms with E-state index in [1.54, 1.807) is 0 Å². The molecule has 1 aromatic carbocycles. The van der Waals surface area contributed by atoms with Crippen LogP contribution in [0.25, 0.3) is 0 Å². The summed E-state index contributed by atoms with van der Waals surface area (Å²) in [6.45, 7) is 1.11. The first-order valence-electron chi connectivity index (χ1n) is 4.82. The molecular formula is C11H15I2NO. The SMILES string of the molecule is CN(C)CCCc1cc(I)c(O)c(I)c1. The van der Waals surface area contributed by atoms with Gasteiger partial charge in [-0.05, 0) is 96.4 Å². The van der Waals surface area contributed by atoms with Gasteiger partial charge in [-0.2, -0.15) is 0 Å². The molecule has 0 aliphatic rings. The third kappa shape index (κ3) is 4.44. The van der Waals surface area contributed by atoms with Crippen molar-refractivity contribution in [2.75, 3.05) is 20.6 Å². The van der Waals surface area contributed by atoms with Crippen LogP contribution in [-0.4, -0.2) is 30.6 Å². The molecule has 0 radical (unpaired) electrons. The van der Waals surface area contributed by atoms with Gasteiger partial charge in [0.2, 0.25) is 0 Å². The van der Waals surface area contributed by atoms with Crippen LogP contribution in [0.15, 0.2) is 12.1 Å². The van der Waals surface area contributed by atoms with Gasteiger partial charge in [-0.25, -0.2) is 0 Å². The molecule has 4 heteroatoms. The lowest BCUT2D eigenvalue weighted by Crippen LogP contribution is -2.13. The van der Waals surface area contributed by atoms with E-state index in [-0.39, 0.29) is 0 Å². The van der Waals surface area contributed by atoms with Gasteiger partial charge in [-0.1, -0.05) is 0 Å². The molecule has 0 bridgehead atoms. The van der Waals surface area contributed by atoms with E-state index in [9.17, 15) is 5.11 Å². The first-order valence-corrected chi connectivity index (χ1v) is 6.98. The Labute approximate surface area is 118 Å². The molecule has 0 saturated heterocycles. The zero-order chi connectivity index (χ0) is 11.4. The minimum absolute atomic E-state index is 0.410. The van der Waals surface area contributed by atoms with Crippen LogP contribution in [0.2, 0.25) is 0 Å². The van der Waals surface area contributed by atoms with E-state index in [1.165, 1.54) is 5.56 Å². The van der Waals surface area contributed by atoms with E-state index in [0.717, 1.165) is 26.5 Å². The Kier molecular flexibility index (Phi) is 5.62. The largest absolute Gasteiger partial charge is 0.506 e. The molecule has 0 fully saturated rings. The maximum Gasteiger partial charge on any atom is 0.142 e. The summed E-state index contributed by atoms with van der Waals surface area (Å²) in [5, 5.41) is 9.62. The normalized spacial score (nSPS) is 11.0. The number of phenols is 1. The Balaban J connectivity index is 2.63. The molecule has 0 aliphatic heterocycles. The number of halogens is 2. The highest BCUT2D eigenvalue weighted by molar-refractivity contribution is 14.1. The fourth-order valence-corrected chi connectivity index (χ4v) is 3.26. The van der Waals surface area contributed by atoms with Crippen LogP contribution in [0.3, 0.4) is 0 Å². The Bertz CT molecular complexity index is 316. The maximum absolute atomic E-state index is 9.62. The van der Waals surface area contributed by atoms with Crippen LogP contribution >= 0.6 is 45.2 Å². The van der Waals surface area contributed by atoms with E-state index >= 15 is 0 Å². The van der Waals surface area contributed by atoms with Crippen LogP contribution in [0.1, 0.15) is 12.0 Å². The molecule has 0 spiro atoms. The lowest BCUT2D eigenvalue weighted by atomic mass is 10.1. The number of hydrogen-bond donors (Lipinski definition) is 1.